The van der Waals surface area contributed by atoms with Gasteiger partial charge in [0.05, 0.1) is 25.0 Å². The van der Waals surface area contributed by atoms with Crippen LogP contribution in [0.4, 0.5) is 27.8 Å². The summed E-state index contributed by atoms with van der Waals surface area (Å²) in [5, 5.41) is 11.9. The topological polar surface area (TPSA) is 81.3 Å². The molecule has 0 aliphatic heterocycles. The summed E-state index contributed by atoms with van der Waals surface area (Å²) >= 11 is 0. The van der Waals surface area contributed by atoms with Gasteiger partial charge in [-0.3, -0.25) is 9.48 Å². The fraction of sp³-hybridized carbons (Fsp3) is 0.333. The standard InChI is InChI=1S/C21H21F5N4O3/c1-10(9-31)27-16-6-5-13(21(24,25)26)19(28-16)30-20(32)11(2)18(29(30)3)17-14(22)7-12(33-4)8-15(17)23/h5-8,10,31H,9H2,1-4H3,(H,27,28)/t10-/m0/s1. The molecule has 3 rings (SSSR count). The summed E-state index contributed by atoms with van der Waals surface area (Å²) in [6.07, 6.45) is -4.88. The van der Waals surface area contributed by atoms with Crippen molar-refractivity contribution in [2.24, 2.45) is 7.05 Å². The molecule has 1 atom stereocenters. The molecular formula is C21H21F5N4O3. The van der Waals surface area contributed by atoms with Crippen LogP contribution < -0.4 is 15.6 Å². The number of benzene rings is 1. The minimum atomic E-state index is -4.88. The van der Waals surface area contributed by atoms with Crippen molar-refractivity contribution in [3.05, 3.63) is 57.4 Å². The molecule has 0 unspecified atom stereocenters. The van der Waals surface area contributed by atoms with E-state index in [0.717, 1.165) is 28.9 Å². The van der Waals surface area contributed by atoms with Gasteiger partial charge in [-0.25, -0.2) is 13.8 Å². The number of aliphatic hydroxyl groups excluding tert-OH is 1. The van der Waals surface area contributed by atoms with Gasteiger partial charge in [-0.2, -0.15) is 17.9 Å². The third-order valence-corrected chi connectivity index (χ3v) is 5.03. The first kappa shape index (κ1) is 24.2. The number of anilines is 1. The van der Waals surface area contributed by atoms with Gasteiger partial charge < -0.3 is 15.2 Å². The minimum absolute atomic E-state index is 0.0336. The Bertz CT molecular complexity index is 1230. The van der Waals surface area contributed by atoms with Crippen LogP contribution in [0.5, 0.6) is 5.75 Å². The Balaban J connectivity index is 2.32. The molecule has 1 aromatic carbocycles. The number of ether oxygens (including phenoxy) is 1. The molecular weight excluding hydrogens is 451 g/mol. The molecule has 2 heterocycles. The lowest BCUT2D eigenvalue weighted by Crippen LogP contribution is -2.26. The lowest BCUT2D eigenvalue weighted by molar-refractivity contribution is -0.137. The van der Waals surface area contributed by atoms with E-state index in [1.807, 2.05) is 0 Å². The summed E-state index contributed by atoms with van der Waals surface area (Å²) in [6, 6.07) is 3.06. The molecule has 33 heavy (non-hydrogen) atoms. The van der Waals surface area contributed by atoms with Crippen LogP contribution >= 0.6 is 0 Å². The van der Waals surface area contributed by atoms with Crippen LogP contribution in [0, 0.1) is 18.6 Å². The van der Waals surface area contributed by atoms with Gasteiger partial charge in [0, 0.05) is 30.8 Å². The maximum Gasteiger partial charge on any atom is 0.420 e. The molecule has 178 valence electrons. The minimum Gasteiger partial charge on any atom is -0.497 e. The Morgan fingerprint density at radius 3 is 2.33 bits per heavy atom. The van der Waals surface area contributed by atoms with Gasteiger partial charge >= 0.3 is 6.18 Å². The Kier molecular flexibility index (Phi) is 6.50. The molecule has 0 aliphatic rings. The number of aliphatic hydroxyl groups is 1. The Labute approximate surface area is 185 Å². The maximum atomic E-state index is 14.7. The van der Waals surface area contributed by atoms with Gasteiger partial charge in [0.2, 0.25) is 0 Å². The van der Waals surface area contributed by atoms with Crippen LogP contribution in [-0.4, -0.2) is 39.2 Å². The van der Waals surface area contributed by atoms with E-state index in [2.05, 4.69) is 10.3 Å². The van der Waals surface area contributed by atoms with Crippen LogP contribution in [-0.2, 0) is 13.2 Å². The molecule has 0 spiro atoms. The molecule has 0 aliphatic carbocycles. The van der Waals surface area contributed by atoms with E-state index >= 15 is 0 Å². The second-order valence-corrected chi connectivity index (χ2v) is 7.37. The monoisotopic (exact) mass is 472 g/mol. The van der Waals surface area contributed by atoms with Gasteiger partial charge in [-0.05, 0) is 26.0 Å². The van der Waals surface area contributed by atoms with E-state index in [1.54, 1.807) is 6.92 Å². The molecule has 0 amide bonds. The van der Waals surface area contributed by atoms with Gasteiger partial charge in [0.25, 0.3) is 5.56 Å². The molecule has 2 aromatic heterocycles. The molecule has 0 bridgehead atoms. The Morgan fingerprint density at radius 1 is 1.21 bits per heavy atom. The lowest BCUT2D eigenvalue weighted by Gasteiger charge is -2.18. The molecule has 0 radical (unpaired) electrons. The van der Waals surface area contributed by atoms with Crippen LogP contribution in [0.2, 0.25) is 0 Å². The van der Waals surface area contributed by atoms with E-state index in [9.17, 15) is 31.9 Å². The maximum absolute atomic E-state index is 14.7. The average Bonchev–Trinajstić information content (AvgIpc) is 2.95. The van der Waals surface area contributed by atoms with Crippen molar-refractivity contribution in [3.63, 3.8) is 0 Å². The normalized spacial score (nSPS) is 12.7. The molecule has 2 N–H and O–H groups in total. The average molecular weight is 472 g/mol. The van der Waals surface area contributed by atoms with E-state index in [0.29, 0.717) is 4.68 Å². The molecule has 3 aromatic rings. The first-order chi connectivity index (χ1) is 15.4. The van der Waals surface area contributed by atoms with Gasteiger partial charge in [0.15, 0.2) is 5.82 Å². The summed E-state index contributed by atoms with van der Waals surface area (Å²) < 4.78 is 77.0. The number of rotatable bonds is 6. The number of hydrogen-bond acceptors (Lipinski definition) is 5. The number of methoxy groups -OCH3 is 1. The van der Waals surface area contributed by atoms with Crippen LogP contribution in [0.15, 0.2) is 29.1 Å². The molecule has 0 fully saturated rings. The summed E-state index contributed by atoms with van der Waals surface area (Å²) in [5.74, 6) is -3.03. The SMILES string of the molecule is COc1cc(F)c(-c2c(C)c(=O)n(-c3nc(N[C@@H](C)CO)ccc3C(F)(F)F)n2C)c(F)c1. The van der Waals surface area contributed by atoms with Crippen molar-refractivity contribution in [1.29, 1.82) is 0 Å². The summed E-state index contributed by atoms with van der Waals surface area (Å²) in [4.78, 5) is 16.9. The zero-order valence-electron chi connectivity index (χ0n) is 18.1. The van der Waals surface area contributed by atoms with Crippen molar-refractivity contribution in [1.82, 2.24) is 14.3 Å². The summed E-state index contributed by atoms with van der Waals surface area (Å²) in [5.41, 5.74) is -3.20. The number of halogens is 5. The van der Waals surface area contributed by atoms with E-state index in [-0.39, 0.29) is 29.4 Å². The van der Waals surface area contributed by atoms with E-state index < -0.39 is 46.4 Å². The number of pyridine rings is 1. The third-order valence-electron chi connectivity index (χ3n) is 5.03. The third kappa shape index (κ3) is 4.42. The highest BCUT2D eigenvalue weighted by atomic mass is 19.4. The molecule has 0 saturated carbocycles. The van der Waals surface area contributed by atoms with Crippen LogP contribution in [0.25, 0.3) is 17.1 Å². The highest BCUT2D eigenvalue weighted by Crippen LogP contribution is 2.35. The highest BCUT2D eigenvalue weighted by molar-refractivity contribution is 5.66. The quantitative estimate of drug-likeness (QED) is 0.536. The Morgan fingerprint density at radius 2 is 1.82 bits per heavy atom. The number of aromatic nitrogens is 3. The molecule has 0 saturated heterocycles. The Hall–Kier alpha value is -3.41. The smallest absolute Gasteiger partial charge is 0.420 e. The fourth-order valence-electron chi connectivity index (χ4n) is 3.43. The van der Waals surface area contributed by atoms with Gasteiger partial charge in [-0.15, -0.1) is 0 Å². The lowest BCUT2D eigenvalue weighted by atomic mass is 10.1. The van der Waals surface area contributed by atoms with Crippen molar-refractivity contribution in [2.75, 3.05) is 19.0 Å². The molecule has 12 heteroatoms. The summed E-state index contributed by atoms with van der Waals surface area (Å²) in [7, 11) is 2.42. The van der Waals surface area contributed by atoms with E-state index in [1.165, 1.54) is 21.1 Å². The van der Waals surface area contributed by atoms with Crippen LogP contribution in [0.1, 0.15) is 18.1 Å². The van der Waals surface area contributed by atoms with E-state index in [4.69, 9.17) is 4.74 Å². The number of alkyl halides is 3. The zero-order valence-corrected chi connectivity index (χ0v) is 18.1. The first-order valence-electron chi connectivity index (χ1n) is 9.68. The largest absolute Gasteiger partial charge is 0.497 e. The van der Waals surface area contributed by atoms with Gasteiger partial charge in [0.1, 0.15) is 28.8 Å². The van der Waals surface area contributed by atoms with Crippen molar-refractivity contribution in [2.45, 2.75) is 26.1 Å². The second kappa shape index (κ2) is 8.85. The van der Waals surface area contributed by atoms with Crippen molar-refractivity contribution < 1.29 is 31.8 Å². The number of nitrogens with zero attached hydrogens (tertiary/aromatic N) is 3. The second-order valence-electron chi connectivity index (χ2n) is 7.37. The fourth-order valence-corrected chi connectivity index (χ4v) is 3.43. The number of nitrogens with one attached hydrogen (secondary N) is 1. The predicted molar refractivity (Wildman–Crippen MR) is 111 cm³/mol. The van der Waals surface area contributed by atoms with Crippen molar-refractivity contribution in [3.8, 4) is 22.8 Å². The summed E-state index contributed by atoms with van der Waals surface area (Å²) in [6.45, 7) is 2.51. The van der Waals surface area contributed by atoms with Crippen LogP contribution in [0.3, 0.4) is 0 Å². The van der Waals surface area contributed by atoms with Crippen molar-refractivity contribution >= 4 is 5.82 Å². The highest BCUT2D eigenvalue weighted by Gasteiger charge is 2.37. The van der Waals surface area contributed by atoms with Gasteiger partial charge in [-0.1, -0.05) is 0 Å². The predicted octanol–water partition coefficient (Wildman–Crippen LogP) is 3.64. The number of hydrogen-bond donors (Lipinski definition) is 2. The zero-order chi connectivity index (χ0) is 24.7. The first-order valence-corrected chi connectivity index (χ1v) is 9.68. The molecule has 7 nitrogen and oxygen atoms in total.